The lowest BCUT2D eigenvalue weighted by Crippen LogP contribution is -2.29. The number of carbonyl (C=O) groups excluding carboxylic acids is 1. The predicted octanol–water partition coefficient (Wildman–Crippen LogP) is 4.45. The Morgan fingerprint density at radius 3 is 2.50 bits per heavy atom. The van der Waals surface area contributed by atoms with E-state index in [1.807, 2.05) is 13.0 Å². The number of nitrogens with one attached hydrogen (secondary N) is 1. The zero-order valence-electron chi connectivity index (χ0n) is 16.7. The lowest BCUT2D eigenvalue weighted by molar-refractivity contribution is -0.137. The molecule has 0 heterocycles. The molecule has 0 saturated carbocycles. The Kier molecular flexibility index (Phi) is 7.83. The van der Waals surface area contributed by atoms with Crippen LogP contribution in [0.3, 0.4) is 0 Å². The molecule has 2 aromatic rings. The van der Waals surface area contributed by atoms with Crippen LogP contribution in [0.4, 0.5) is 13.2 Å². The molecule has 0 spiro atoms. The van der Waals surface area contributed by atoms with Gasteiger partial charge < -0.3 is 14.9 Å². The summed E-state index contributed by atoms with van der Waals surface area (Å²) in [6.07, 6.45) is -1.56. The lowest BCUT2D eigenvalue weighted by atomic mass is 9.98. The number of halogens is 3. The number of rotatable bonds is 7. The summed E-state index contributed by atoms with van der Waals surface area (Å²) in [6.45, 7) is 2.01. The molecule has 8 heteroatoms. The van der Waals surface area contributed by atoms with Crippen molar-refractivity contribution < 1.29 is 27.5 Å². The average molecular weight is 418 g/mol. The molecule has 0 aliphatic rings. The van der Waals surface area contributed by atoms with Gasteiger partial charge in [-0.3, -0.25) is 4.79 Å². The van der Waals surface area contributed by atoms with Gasteiger partial charge in [-0.05, 0) is 36.3 Å². The van der Waals surface area contributed by atoms with Gasteiger partial charge in [0.1, 0.15) is 20.0 Å². The normalized spacial score (nSPS) is 11.3. The van der Waals surface area contributed by atoms with E-state index in [-0.39, 0.29) is 12.3 Å². The van der Waals surface area contributed by atoms with Gasteiger partial charge in [0, 0.05) is 18.2 Å². The molecule has 0 bridgehead atoms. The molecule has 1 N–H and O–H groups in total. The first-order valence-corrected chi connectivity index (χ1v) is 8.89. The predicted molar refractivity (Wildman–Crippen MR) is 108 cm³/mol. The zero-order chi connectivity index (χ0) is 22.1. The molecule has 5 nitrogen and oxygen atoms in total. The number of hydrogen-bond acceptors (Lipinski definition) is 4. The van der Waals surface area contributed by atoms with Gasteiger partial charge in [-0.2, -0.15) is 13.2 Å². The van der Waals surface area contributed by atoms with E-state index in [2.05, 4.69) is 16.2 Å². The Morgan fingerprint density at radius 1 is 1.20 bits per heavy atom. The molecule has 0 fully saturated rings. The van der Waals surface area contributed by atoms with Crippen molar-refractivity contribution in [1.29, 1.82) is 0 Å². The second-order valence-electron chi connectivity index (χ2n) is 6.16. The molecule has 0 atom stereocenters. The van der Waals surface area contributed by atoms with E-state index in [4.69, 9.17) is 9.57 Å². The lowest BCUT2D eigenvalue weighted by Gasteiger charge is -2.13. The van der Waals surface area contributed by atoms with Gasteiger partial charge in [0.2, 0.25) is 0 Å². The Bertz CT molecular complexity index is 974. The molecular formula is C22H21F3N2O3. The molecule has 1 amide bonds. The number of benzene rings is 2. The highest BCUT2D eigenvalue weighted by atomic mass is 19.4. The topological polar surface area (TPSA) is 59.9 Å². The zero-order valence-corrected chi connectivity index (χ0v) is 16.7. The fraction of sp³-hybridized carbons (Fsp3) is 0.227. The maximum absolute atomic E-state index is 12.6. The van der Waals surface area contributed by atoms with Crippen molar-refractivity contribution in [3.63, 3.8) is 0 Å². The summed E-state index contributed by atoms with van der Waals surface area (Å²) < 4.78 is 43.3. The Morgan fingerprint density at radius 2 is 1.90 bits per heavy atom. The van der Waals surface area contributed by atoms with E-state index in [1.165, 1.54) is 38.6 Å². The molecule has 2 rings (SSSR count). The minimum atomic E-state index is -4.37. The van der Waals surface area contributed by atoms with Crippen molar-refractivity contribution in [2.45, 2.75) is 19.7 Å². The molecule has 158 valence electrons. The third-order valence-electron chi connectivity index (χ3n) is 4.16. The van der Waals surface area contributed by atoms with Crippen LogP contribution in [0, 0.1) is 6.92 Å². The van der Waals surface area contributed by atoms with Crippen LogP contribution < -0.4 is 5.32 Å². The van der Waals surface area contributed by atoms with E-state index < -0.39 is 17.6 Å². The maximum atomic E-state index is 12.6. The third kappa shape index (κ3) is 5.99. The van der Waals surface area contributed by atoms with Gasteiger partial charge >= 0.3 is 6.18 Å². The van der Waals surface area contributed by atoms with Crippen LogP contribution in [0.15, 0.2) is 59.6 Å². The van der Waals surface area contributed by atoms with Gasteiger partial charge in [0.05, 0.1) is 5.56 Å². The fourth-order valence-electron chi connectivity index (χ4n) is 2.61. The SMILES string of the molecule is CNC(=O)/C(=N/OC)c1cccc(C)c1COC=C=Cc1ccc(C(F)(F)F)cc1. The van der Waals surface area contributed by atoms with Crippen molar-refractivity contribution in [1.82, 2.24) is 5.32 Å². The monoisotopic (exact) mass is 418 g/mol. The van der Waals surface area contributed by atoms with Gasteiger partial charge in [-0.25, -0.2) is 0 Å². The molecule has 0 radical (unpaired) electrons. The van der Waals surface area contributed by atoms with Crippen LogP contribution in [-0.2, 0) is 27.2 Å². The molecule has 0 aliphatic heterocycles. The molecule has 0 aromatic heterocycles. The number of carbonyl (C=O) groups is 1. The summed E-state index contributed by atoms with van der Waals surface area (Å²) in [4.78, 5) is 16.9. The van der Waals surface area contributed by atoms with Crippen molar-refractivity contribution >= 4 is 17.7 Å². The smallest absolute Gasteiger partial charge is 0.416 e. The minimum Gasteiger partial charge on any atom is -0.488 e. The average Bonchev–Trinajstić information content (AvgIpc) is 2.72. The number of nitrogens with zero attached hydrogens (tertiary/aromatic N) is 1. The maximum Gasteiger partial charge on any atom is 0.416 e. The van der Waals surface area contributed by atoms with Gasteiger partial charge in [0.15, 0.2) is 5.71 Å². The third-order valence-corrected chi connectivity index (χ3v) is 4.16. The highest BCUT2D eigenvalue weighted by molar-refractivity contribution is 6.45. The fourth-order valence-corrected chi connectivity index (χ4v) is 2.61. The number of ether oxygens (including phenoxy) is 1. The molecule has 0 unspecified atom stereocenters. The first-order chi connectivity index (χ1) is 14.3. The number of hydrogen-bond donors (Lipinski definition) is 1. The van der Waals surface area contributed by atoms with Crippen LogP contribution in [0.25, 0.3) is 6.08 Å². The number of aryl methyl sites for hydroxylation is 1. The highest BCUT2D eigenvalue weighted by Gasteiger charge is 2.29. The quantitative estimate of drug-likeness (QED) is 0.313. The molecule has 0 saturated heterocycles. The van der Waals surface area contributed by atoms with Crippen molar-refractivity contribution in [3.05, 3.63) is 82.3 Å². The first kappa shape index (κ1) is 22.8. The number of oxime groups is 1. The number of alkyl halides is 3. The molecule has 2 aromatic carbocycles. The van der Waals surface area contributed by atoms with Crippen LogP contribution in [-0.4, -0.2) is 25.8 Å². The molecule has 0 aliphatic carbocycles. The largest absolute Gasteiger partial charge is 0.488 e. The standard InChI is InChI=1S/C22H21F3N2O3/c1-15-6-4-8-18(20(27-29-3)21(28)26-2)19(15)14-30-13-5-7-16-9-11-17(12-10-16)22(23,24)25/h4,6-13H,14H2,1-3H3,(H,26,28)/b27-20+. The van der Waals surface area contributed by atoms with Crippen molar-refractivity contribution in [2.24, 2.45) is 5.16 Å². The van der Waals surface area contributed by atoms with Crippen molar-refractivity contribution in [2.75, 3.05) is 14.2 Å². The van der Waals surface area contributed by atoms with E-state index in [0.717, 1.165) is 23.3 Å². The second-order valence-corrected chi connectivity index (χ2v) is 6.16. The van der Waals surface area contributed by atoms with Crippen molar-refractivity contribution in [3.8, 4) is 0 Å². The van der Waals surface area contributed by atoms with E-state index in [9.17, 15) is 18.0 Å². The second kappa shape index (κ2) is 10.3. The summed E-state index contributed by atoms with van der Waals surface area (Å²) in [5.41, 5.74) is 4.92. The van der Waals surface area contributed by atoms with E-state index in [0.29, 0.717) is 11.1 Å². The Hall–Kier alpha value is -3.51. The van der Waals surface area contributed by atoms with Gasteiger partial charge in [-0.15, -0.1) is 0 Å². The summed E-state index contributed by atoms with van der Waals surface area (Å²) in [7, 11) is 2.85. The van der Waals surface area contributed by atoms with Crippen LogP contribution in [0.2, 0.25) is 0 Å². The Labute approximate surface area is 172 Å². The Balaban J connectivity index is 2.15. The van der Waals surface area contributed by atoms with Gasteiger partial charge in [-0.1, -0.05) is 41.2 Å². The number of amides is 1. The van der Waals surface area contributed by atoms with Gasteiger partial charge in [0.25, 0.3) is 5.91 Å². The first-order valence-electron chi connectivity index (χ1n) is 8.89. The minimum absolute atomic E-state index is 0.117. The van der Waals surface area contributed by atoms with Crippen LogP contribution >= 0.6 is 0 Å². The van der Waals surface area contributed by atoms with E-state index >= 15 is 0 Å². The summed E-state index contributed by atoms with van der Waals surface area (Å²) in [5, 5.41) is 6.33. The summed E-state index contributed by atoms with van der Waals surface area (Å²) in [5.74, 6) is -0.401. The summed E-state index contributed by atoms with van der Waals surface area (Å²) >= 11 is 0. The van der Waals surface area contributed by atoms with Crippen LogP contribution in [0.1, 0.15) is 27.8 Å². The molecular weight excluding hydrogens is 397 g/mol. The summed E-state index contributed by atoms with van der Waals surface area (Å²) in [6, 6.07) is 10.1. The van der Waals surface area contributed by atoms with Crippen LogP contribution in [0.5, 0.6) is 0 Å². The number of likely N-dealkylation sites (N-methyl/N-ethyl adjacent to an activating group) is 1. The van der Waals surface area contributed by atoms with E-state index in [1.54, 1.807) is 12.1 Å². The molecule has 30 heavy (non-hydrogen) atoms. The highest BCUT2D eigenvalue weighted by Crippen LogP contribution is 2.29.